The number of methoxy groups -OCH3 is 3. The van der Waals surface area contributed by atoms with E-state index in [4.69, 9.17) is 24.4 Å². The molecule has 0 bridgehead atoms. The summed E-state index contributed by atoms with van der Waals surface area (Å²) < 4.78 is 22.5. The topological polar surface area (TPSA) is 84.3 Å². The average Bonchev–Trinajstić information content (AvgIpc) is 3.67. The molecule has 1 aliphatic carbocycles. The highest BCUT2D eigenvalue weighted by atomic mass is 16.5. The van der Waals surface area contributed by atoms with Crippen LogP contribution in [0.3, 0.4) is 0 Å². The molecule has 198 valence electrons. The molecule has 2 fully saturated rings. The van der Waals surface area contributed by atoms with Crippen LogP contribution in [0.25, 0.3) is 0 Å². The molecule has 8 heteroatoms. The standard InChI is InChI=1S/C29H37N3O5/c1-28(2,3)21-13-18(14-22(26(21)36-6)31-9-11-37-12-10-31)23(33)17-32-27(30)19-15-24(34-4)25(35-5)16-20(19)29(32)7-8-29/h13-16,30H,7-12,17H2,1-6H3. The summed E-state index contributed by atoms with van der Waals surface area (Å²) in [5.41, 5.74) is 3.87. The van der Waals surface area contributed by atoms with E-state index in [1.165, 1.54) is 0 Å². The average molecular weight is 508 g/mol. The van der Waals surface area contributed by atoms with Crippen LogP contribution in [-0.4, -0.2) is 70.7 Å². The van der Waals surface area contributed by atoms with Crippen molar-refractivity contribution in [1.82, 2.24) is 4.90 Å². The van der Waals surface area contributed by atoms with Crippen molar-refractivity contribution in [3.63, 3.8) is 0 Å². The highest BCUT2D eigenvalue weighted by Gasteiger charge is 2.57. The lowest BCUT2D eigenvalue weighted by Crippen LogP contribution is -2.38. The van der Waals surface area contributed by atoms with Crippen molar-refractivity contribution in [2.45, 2.75) is 44.6 Å². The van der Waals surface area contributed by atoms with Crippen molar-refractivity contribution >= 4 is 17.3 Å². The van der Waals surface area contributed by atoms with Crippen molar-refractivity contribution < 1.29 is 23.7 Å². The van der Waals surface area contributed by atoms with Gasteiger partial charge in [0.15, 0.2) is 17.3 Å². The number of morpholine rings is 1. The number of anilines is 1. The molecule has 2 aliphatic heterocycles. The second-order valence-electron chi connectivity index (χ2n) is 11.1. The van der Waals surface area contributed by atoms with Crippen molar-refractivity contribution in [2.24, 2.45) is 0 Å². The Morgan fingerprint density at radius 3 is 2.22 bits per heavy atom. The van der Waals surface area contributed by atoms with E-state index >= 15 is 0 Å². The highest BCUT2D eigenvalue weighted by molar-refractivity contribution is 6.07. The van der Waals surface area contributed by atoms with E-state index in [1.54, 1.807) is 21.3 Å². The van der Waals surface area contributed by atoms with E-state index in [2.05, 4.69) is 25.7 Å². The summed E-state index contributed by atoms with van der Waals surface area (Å²) in [5.74, 6) is 2.40. The Hall–Kier alpha value is -3.26. The number of benzene rings is 2. The fourth-order valence-corrected chi connectivity index (χ4v) is 5.67. The normalized spacial score (nSPS) is 18.2. The molecule has 0 unspecified atom stereocenters. The number of rotatable bonds is 7. The van der Waals surface area contributed by atoms with Gasteiger partial charge in [0.1, 0.15) is 11.6 Å². The molecule has 2 aromatic carbocycles. The molecule has 1 N–H and O–H groups in total. The molecule has 0 radical (unpaired) electrons. The van der Waals surface area contributed by atoms with Gasteiger partial charge in [-0.15, -0.1) is 0 Å². The number of carbonyl (C=O) groups excluding carboxylic acids is 1. The lowest BCUT2D eigenvalue weighted by atomic mass is 9.84. The van der Waals surface area contributed by atoms with Gasteiger partial charge in [0.25, 0.3) is 0 Å². The zero-order valence-electron chi connectivity index (χ0n) is 22.7. The van der Waals surface area contributed by atoms with E-state index < -0.39 is 0 Å². The van der Waals surface area contributed by atoms with Crippen molar-refractivity contribution in [3.05, 3.63) is 46.5 Å². The Labute approximate surface area is 218 Å². The Bertz CT molecular complexity index is 1240. The molecule has 8 nitrogen and oxygen atoms in total. The van der Waals surface area contributed by atoms with Gasteiger partial charge in [0, 0.05) is 29.8 Å². The lowest BCUT2D eigenvalue weighted by molar-refractivity contribution is 0.0943. The Morgan fingerprint density at radius 1 is 1.00 bits per heavy atom. The van der Waals surface area contributed by atoms with Gasteiger partial charge in [-0.2, -0.15) is 0 Å². The van der Waals surface area contributed by atoms with Crippen LogP contribution in [0, 0.1) is 5.41 Å². The van der Waals surface area contributed by atoms with Gasteiger partial charge in [-0.3, -0.25) is 10.2 Å². The number of nitrogens with one attached hydrogen (secondary N) is 1. The number of carbonyl (C=O) groups is 1. The van der Waals surface area contributed by atoms with Crippen molar-refractivity contribution in [2.75, 3.05) is 59.1 Å². The molecule has 0 aromatic heterocycles. The van der Waals surface area contributed by atoms with E-state index in [1.807, 2.05) is 29.2 Å². The van der Waals surface area contributed by atoms with Crippen LogP contribution in [0.2, 0.25) is 0 Å². The maximum Gasteiger partial charge on any atom is 0.182 e. The lowest BCUT2D eigenvalue weighted by Gasteiger charge is -2.33. The zero-order valence-corrected chi connectivity index (χ0v) is 22.7. The molecular formula is C29H37N3O5. The third kappa shape index (κ3) is 4.21. The van der Waals surface area contributed by atoms with Gasteiger partial charge in [-0.25, -0.2) is 0 Å². The van der Waals surface area contributed by atoms with Crippen LogP contribution in [-0.2, 0) is 15.7 Å². The van der Waals surface area contributed by atoms with E-state index in [0.717, 1.165) is 54.1 Å². The molecule has 1 saturated heterocycles. The first kappa shape index (κ1) is 25.4. The first-order valence-electron chi connectivity index (χ1n) is 12.9. The van der Waals surface area contributed by atoms with Gasteiger partial charge in [-0.05, 0) is 48.1 Å². The predicted octanol–water partition coefficient (Wildman–Crippen LogP) is 4.36. The number of fused-ring (bicyclic) bond motifs is 2. The van der Waals surface area contributed by atoms with Crippen LogP contribution in [0.1, 0.15) is 60.7 Å². The molecule has 1 spiro atoms. The third-order valence-corrected chi connectivity index (χ3v) is 7.85. The van der Waals surface area contributed by atoms with Gasteiger partial charge in [-0.1, -0.05) is 20.8 Å². The minimum atomic E-state index is -0.325. The summed E-state index contributed by atoms with van der Waals surface area (Å²) >= 11 is 0. The molecular weight excluding hydrogens is 470 g/mol. The second kappa shape index (κ2) is 9.24. The molecule has 5 rings (SSSR count). The van der Waals surface area contributed by atoms with E-state index in [0.29, 0.717) is 36.1 Å². The number of nitrogens with zero attached hydrogens (tertiary/aromatic N) is 2. The molecule has 2 aromatic rings. The number of hydrogen-bond acceptors (Lipinski definition) is 7. The summed E-state index contributed by atoms with van der Waals surface area (Å²) in [7, 11) is 4.91. The van der Waals surface area contributed by atoms with Crippen LogP contribution >= 0.6 is 0 Å². The summed E-state index contributed by atoms with van der Waals surface area (Å²) in [6.07, 6.45) is 1.81. The highest BCUT2D eigenvalue weighted by Crippen LogP contribution is 2.58. The fourth-order valence-electron chi connectivity index (χ4n) is 5.67. The number of ketones is 1. The minimum absolute atomic E-state index is 0.00887. The maximum absolute atomic E-state index is 13.9. The molecule has 37 heavy (non-hydrogen) atoms. The Kier molecular flexibility index (Phi) is 6.34. The van der Waals surface area contributed by atoms with E-state index in [-0.39, 0.29) is 23.3 Å². The summed E-state index contributed by atoms with van der Waals surface area (Å²) in [6, 6.07) is 7.77. The largest absolute Gasteiger partial charge is 0.494 e. The van der Waals surface area contributed by atoms with Crippen LogP contribution in [0.15, 0.2) is 24.3 Å². The number of ether oxygens (including phenoxy) is 4. The zero-order chi connectivity index (χ0) is 26.5. The van der Waals surface area contributed by atoms with Crippen molar-refractivity contribution in [1.29, 1.82) is 5.41 Å². The number of amidine groups is 1. The number of Topliss-reactive ketones (excluding diaryl/α,β-unsaturated/α-hetero) is 1. The van der Waals surface area contributed by atoms with E-state index in [9.17, 15) is 4.79 Å². The first-order valence-corrected chi connectivity index (χ1v) is 12.9. The molecule has 1 saturated carbocycles. The van der Waals surface area contributed by atoms with Gasteiger partial charge < -0.3 is 28.7 Å². The van der Waals surface area contributed by atoms with Crippen molar-refractivity contribution in [3.8, 4) is 17.2 Å². The van der Waals surface area contributed by atoms with Crippen LogP contribution < -0.4 is 19.1 Å². The monoisotopic (exact) mass is 507 g/mol. The third-order valence-electron chi connectivity index (χ3n) is 7.85. The first-order chi connectivity index (χ1) is 17.6. The molecule has 0 amide bonds. The molecule has 3 aliphatic rings. The fraction of sp³-hybridized carbons (Fsp3) is 0.517. The smallest absolute Gasteiger partial charge is 0.182 e. The number of hydrogen-bond donors (Lipinski definition) is 1. The SMILES string of the molecule is COc1cc2c(cc1OC)C1(CC1)N(CC(=O)c1cc(N3CCOCC3)c(OC)c(C(C)(C)C)c1)C2=N. The van der Waals surface area contributed by atoms with Crippen LogP contribution in [0.4, 0.5) is 5.69 Å². The summed E-state index contributed by atoms with van der Waals surface area (Å²) in [5, 5.41) is 8.98. The second-order valence-corrected chi connectivity index (χ2v) is 11.1. The van der Waals surface area contributed by atoms with Gasteiger partial charge >= 0.3 is 0 Å². The Morgan fingerprint density at radius 2 is 1.65 bits per heavy atom. The summed E-state index contributed by atoms with van der Waals surface area (Å²) in [4.78, 5) is 18.1. The minimum Gasteiger partial charge on any atom is -0.494 e. The van der Waals surface area contributed by atoms with Gasteiger partial charge in [0.2, 0.25) is 0 Å². The molecule has 2 heterocycles. The quantitative estimate of drug-likeness (QED) is 0.558. The summed E-state index contributed by atoms with van der Waals surface area (Å²) in [6.45, 7) is 9.32. The predicted molar refractivity (Wildman–Crippen MR) is 143 cm³/mol. The Balaban J connectivity index is 1.51. The van der Waals surface area contributed by atoms with Gasteiger partial charge in [0.05, 0.1) is 52.3 Å². The maximum atomic E-state index is 13.9. The molecule has 0 atom stereocenters. The van der Waals surface area contributed by atoms with Crippen LogP contribution in [0.5, 0.6) is 17.2 Å².